The standard InChI is InChI=1S/C30H50N4O7/c1-16-14-29(7,8)26(41-28-25(38-12)22(34(10)11)13-18(3)39-28)19(4)24(36)20(5)27(37)40-21(6)30(9,32-33-31)15-17(2)23(16)35/h15-16,18-22,25-26,28H,13-14H2,1-12H3/b17-15+/t16?,18-,19+,20-,21-,22?,25?,26?,28?,30?/m1/s1. The second-order valence-corrected chi connectivity index (χ2v) is 13.0. The van der Waals surface area contributed by atoms with E-state index >= 15 is 0 Å². The summed E-state index contributed by atoms with van der Waals surface area (Å²) in [6.45, 7) is 15.8. The fraction of sp³-hybridized carbons (Fsp3) is 0.833. The minimum absolute atomic E-state index is 0.0236. The molecule has 0 bridgehead atoms. The Morgan fingerprint density at radius 2 is 1.71 bits per heavy atom. The number of hydrogen-bond donors (Lipinski definition) is 0. The molecule has 41 heavy (non-hydrogen) atoms. The molecule has 0 aliphatic carbocycles. The van der Waals surface area contributed by atoms with Crippen molar-refractivity contribution < 1.29 is 33.3 Å². The van der Waals surface area contributed by atoms with E-state index < -0.39 is 59.3 Å². The molecule has 0 saturated carbocycles. The number of carbonyl (C=O) groups excluding carboxylic acids is 3. The molecule has 11 heteroatoms. The third kappa shape index (κ3) is 7.96. The number of carbonyl (C=O) groups is 3. The van der Waals surface area contributed by atoms with Crippen molar-refractivity contribution in [1.29, 1.82) is 0 Å². The number of esters is 1. The zero-order valence-electron chi connectivity index (χ0n) is 26.8. The SMILES string of the molecule is COC1C(OC2[C@@H](C)C(=O)[C@@H](C)C(=O)O[C@H](C)C(C)(N=[N+]=[N-])/C=C(\C)C(=O)C(C)CC2(C)C)O[C@H](C)CC1N(C)C. The summed E-state index contributed by atoms with van der Waals surface area (Å²) in [5.74, 6) is -3.51. The van der Waals surface area contributed by atoms with Crippen molar-refractivity contribution in [3.8, 4) is 0 Å². The van der Waals surface area contributed by atoms with E-state index in [9.17, 15) is 19.9 Å². The van der Waals surface area contributed by atoms with Crippen LogP contribution in [0.25, 0.3) is 10.4 Å². The molecule has 2 aliphatic rings. The van der Waals surface area contributed by atoms with Crippen molar-refractivity contribution in [1.82, 2.24) is 4.90 Å². The van der Waals surface area contributed by atoms with Crippen molar-refractivity contribution in [2.45, 2.75) is 117 Å². The maximum atomic E-state index is 13.8. The van der Waals surface area contributed by atoms with Gasteiger partial charge >= 0.3 is 5.97 Å². The third-order valence-corrected chi connectivity index (χ3v) is 8.81. The van der Waals surface area contributed by atoms with Gasteiger partial charge in [0.1, 0.15) is 23.7 Å². The number of methoxy groups -OCH3 is 1. The molecule has 2 heterocycles. The highest BCUT2D eigenvalue weighted by molar-refractivity contribution is 6.00. The molecule has 1 fully saturated rings. The molecule has 0 N–H and O–H groups in total. The molecule has 0 aromatic heterocycles. The van der Waals surface area contributed by atoms with E-state index in [-0.39, 0.29) is 23.7 Å². The predicted molar refractivity (Wildman–Crippen MR) is 155 cm³/mol. The highest BCUT2D eigenvalue weighted by Gasteiger charge is 2.48. The lowest BCUT2D eigenvalue weighted by molar-refractivity contribution is -0.289. The van der Waals surface area contributed by atoms with Gasteiger partial charge in [0.25, 0.3) is 0 Å². The lowest BCUT2D eigenvalue weighted by Crippen LogP contribution is -2.57. The highest BCUT2D eigenvalue weighted by atomic mass is 16.7. The van der Waals surface area contributed by atoms with Crippen LogP contribution in [-0.2, 0) is 33.3 Å². The summed E-state index contributed by atoms with van der Waals surface area (Å²) in [5, 5.41) is 3.86. The first-order valence-electron chi connectivity index (χ1n) is 14.4. The number of ether oxygens (including phenoxy) is 4. The zero-order chi connectivity index (χ0) is 31.4. The number of likely N-dealkylation sites (N-methyl/N-ethyl adjacent to an activating group) is 1. The highest BCUT2D eigenvalue weighted by Crippen LogP contribution is 2.40. The maximum Gasteiger partial charge on any atom is 0.316 e. The van der Waals surface area contributed by atoms with E-state index in [1.807, 2.05) is 41.8 Å². The molecule has 11 nitrogen and oxygen atoms in total. The molecule has 2 aliphatic heterocycles. The normalized spacial score (nSPS) is 40.7. The Hall–Kier alpha value is -2.30. The number of azide groups is 1. The molecular formula is C30H50N4O7. The smallest absolute Gasteiger partial charge is 0.316 e. The second kappa shape index (κ2) is 13.8. The van der Waals surface area contributed by atoms with E-state index in [0.29, 0.717) is 12.0 Å². The number of hydrogen-bond acceptors (Lipinski definition) is 9. The van der Waals surface area contributed by atoms with Crippen molar-refractivity contribution in [3.63, 3.8) is 0 Å². The fourth-order valence-electron chi connectivity index (χ4n) is 6.30. The summed E-state index contributed by atoms with van der Waals surface area (Å²) in [6.07, 6.45) is -0.248. The van der Waals surface area contributed by atoms with Crippen LogP contribution in [0.4, 0.5) is 0 Å². The van der Waals surface area contributed by atoms with Gasteiger partial charge in [0.15, 0.2) is 17.9 Å². The number of allylic oxidation sites excluding steroid dienone is 1. The summed E-state index contributed by atoms with van der Waals surface area (Å²) in [6, 6.07) is 0.0236. The molecule has 0 aromatic rings. The van der Waals surface area contributed by atoms with Crippen LogP contribution in [0.1, 0.15) is 75.2 Å². The molecule has 2 rings (SSSR count). The van der Waals surface area contributed by atoms with Crippen LogP contribution < -0.4 is 0 Å². The average Bonchev–Trinajstić information content (AvgIpc) is 2.88. The summed E-state index contributed by atoms with van der Waals surface area (Å²) in [5.41, 5.74) is 7.59. The van der Waals surface area contributed by atoms with Gasteiger partial charge < -0.3 is 23.8 Å². The largest absolute Gasteiger partial charge is 0.461 e. The molecular weight excluding hydrogens is 528 g/mol. The summed E-state index contributed by atoms with van der Waals surface area (Å²) in [4.78, 5) is 45.6. The van der Waals surface area contributed by atoms with Crippen LogP contribution in [0.2, 0.25) is 0 Å². The first-order chi connectivity index (χ1) is 18.9. The molecule has 6 unspecified atom stereocenters. The predicted octanol–water partition coefficient (Wildman–Crippen LogP) is 4.88. The molecule has 0 amide bonds. The van der Waals surface area contributed by atoms with Crippen molar-refractivity contribution in [2.24, 2.45) is 28.3 Å². The van der Waals surface area contributed by atoms with E-state index in [4.69, 9.17) is 18.9 Å². The van der Waals surface area contributed by atoms with Gasteiger partial charge in [-0.1, -0.05) is 38.9 Å². The van der Waals surface area contributed by atoms with Crippen molar-refractivity contribution in [3.05, 3.63) is 22.1 Å². The minimum atomic E-state index is -1.32. The van der Waals surface area contributed by atoms with Gasteiger partial charge in [-0.05, 0) is 78.1 Å². The van der Waals surface area contributed by atoms with E-state index in [2.05, 4.69) is 14.9 Å². The quantitative estimate of drug-likeness (QED) is 0.148. The number of nitrogens with zero attached hydrogens (tertiary/aromatic N) is 4. The Labute approximate surface area is 244 Å². The van der Waals surface area contributed by atoms with Crippen LogP contribution in [0, 0.1) is 23.2 Å². The fourth-order valence-corrected chi connectivity index (χ4v) is 6.30. The second-order valence-electron chi connectivity index (χ2n) is 13.0. The van der Waals surface area contributed by atoms with Gasteiger partial charge in [-0.25, -0.2) is 0 Å². The van der Waals surface area contributed by atoms with E-state index in [1.165, 1.54) is 6.92 Å². The minimum Gasteiger partial charge on any atom is -0.461 e. The van der Waals surface area contributed by atoms with Crippen LogP contribution in [0.3, 0.4) is 0 Å². The topological polar surface area (TPSA) is 140 Å². The molecule has 10 atom stereocenters. The lowest BCUT2D eigenvalue weighted by Gasteiger charge is -2.47. The Balaban J connectivity index is 2.61. The summed E-state index contributed by atoms with van der Waals surface area (Å²) in [7, 11) is 5.57. The van der Waals surface area contributed by atoms with Crippen LogP contribution in [-0.4, -0.2) is 85.9 Å². The number of ketones is 2. The van der Waals surface area contributed by atoms with Crippen molar-refractivity contribution in [2.75, 3.05) is 21.2 Å². The van der Waals surface area contributed by atoms with Gasteiger partial charge in [0, 0.05) is 29.9 Å². The van der Waals surface area contributed by atoms with Gasteiger partial charge in [-0.15, -0.1) is 0 Å². The van der Waals surface area contributed by atoms with Crippen LogP contribution in [0.5, 0.6) is 0 Å². The number of rotatable bonds is 5. The molecule has 0 radical (unpaired) electrons. The van der Waals surface area contributed by atoms with Crippen LogP contribution in [0.15, 0.2) is 16.8 Å². The molecule has 0 aromatic carbocycles. The van der Waals surface area contributed by atoms with Gasteiger partial charge in [0.05, 0.1) is 12.2 Å². The Bertz CT molecular complexity index is 1050. The molecule has 0 spiro atoms. The summed E-state index contributed by atoms with van der Waals surface area (Å²) >= 11 is 0. The average molecular weight is 579 g/mol. The van der Waals surface area contributed by atoms with E-state index in [0.717, 1.165) is 6.42 Å². The Kier molecular flexibility index (Phi) is 11.7. The molecule has 1 saturated heterocycles. The van der Waals surface area contributed by atoms with Gasteiger partial charge in [0.2, 0.25) is 0 Å². The van der Waals surface area contributed by atoms with Crippen LogP contribution >= 0.6 is 0 Å². The van der Waals surface area contributed by atoms with Crippen molar-refractivity contribution >= 4 is 17.5 Å². The number of Topliss-reactive ketones (excluding diaryl/α,β-unsaturated/α-hetero) is 2. The monoisotopic (exact) mass is 578 g/mol. The lowest BCUT2D eigenvalue weighted by atomic mass is 9.71. The Morgan fingerprint density at radius 3 is 2.24 bits per heavy atom. The first-order valence-corrected chi connectivity index (χ1v) is 14.4. The maximum absolute atomic E-state index is 13.8. The van der Waals surface area contributed by atoms with Gasteiger partial charge in [-0.3, -0.25) is 14.4 Å². The number of cyclic esters (lactones) is 1. The first kappa shape index (κ1) is 34.9. The van der Waals surface area contributed by atoms with Gasteiger partial charge in [-0.2, -0.15) is 0 Å². The Morgan fingerprint density at radius 1 is 1.10 bits per heavy atom. The zero-order valence-corrected chi connectivity index (χ0v) is 26.8. The molecule has 232 valence electrons. The third-order valence-electron chi connectivity index (χ3n) is 8.81. The summed E-state index contributed by atoms with van der Waals surface area (Å²) < 4.78 is 24.5. The van der Waals surface area contributed by atoms with E-state index in [1.54, 1.807) is 40.9 Å².